The minimum Gasteiger partial charge on any atom is -0.337 e. The molecule has 2 rings (SSSR count). The van der Waals surface area contributed by atoms with Crippen LogP contribution in [0.1, 0.15) is 18.9 Å². The molecule has 1 atom stereocenters. The Balaban J connectivity index is 1.98. The molecule has 0 bridgehead atoms. The van der Waals surface area contributed by atoms with Crippen molar-refractivity contribution in [3.63, 3.8) is 0 Å². The molecular formula is C14H17N3O3. The van der Waals surface area contributed by atoms with Crippen LogP contribution in [0.4, 0.5) is 10.5 Å². The van der Waals surface area contributed by atoms with Gasteiger partial charge in [-0.3, -0.25) is 14.9 Å². The van der Waals surface area contributed by atoms with Crippen LogP contribution in [0.2, 0.25) is 0 Å². The van der Waals surface area contributed by atoms with Crippen LogP contribution in [-0.2, 0) is 9.59 Å². The van der Waals surface area contributed by atoms with Crippen molar-refractivity contribution >= 4 is 23.5 Å². The number of carbonyl (C=O) groups is 3. The maximum absolute atomic E-state index is 12.0. The highest BCUT2D eigenvalue weighted by molar-refractivity contribution is 6.03. The molecule has 4 amide bonds. The summed E-state index contributed by atoms with van der Waals surface area (Å²) in [7, 11) is 0. The first-order chi connectivity index (χ1) is 9.39. The number of amides is 4. The Hall–Kier alpha value is -2.37. The van der Waals surface area contributed by atoms with Crippen molar-refractivity contribution in [1.29, 1.82) is 0 Å². The summed E-state index contributed by atoms with van der Waals surface area (Å²) >= 11 is 0. The van der Waals surface area contributed by atoms with Crippen LogP contribution in [0.3, 0.4) is 0 Å². The van der Waals surface area contributed by atoms with Crippen molar-refractivity contribution in [2.24, 2.45) is 5.41 Å². The molecule has 1 aromatic carbocycles. The third kappa shape index (κ3) is 3.14. The lowest BCUT2D eigenvalue weighted by Crippen LogP contribution is -2.58. The van der Waals surface area contributed by atoms with E-state index in [0.29, 0.717) is 5.69 Å². The zero-order chi connectivity index (χ0) is 14.8. The first-order valence-corrected chi connectivity index (χ1v) is 6.35. The van der Waals surface area contributed by atoms with Crippen molar-refractivity contribution in [2.75, 3.05) is 11.9 Å². The highest BCUT2D eigenvalue weighted by atomic mass is 16.2. The Morgan fingerprint density at radius 1 is 1.30 bits per heavy atom. The highest BCUT2D eigenvalue weighted by Gasteiger charge is 2.40. The number of rotatable bonds is 3. The van der Waals surface area contributed by atoms with Gasteiger partial charge < -0.3 is 10.6 Å². The third-order valence-electron chi connectivity index (χ3n) is 3.30. The van der Waals surface area contributed by atoms with Gasteiger partial charge in [0.05, 0.1) is 5.41 Å². The molecule has 1 saturated heterocycles. The van der Waals surface area contributed by atoms with E-state index in [1.165, 1.54) is 0 Å². The van der Waals surface area contributed by atoms with Gasteiger partial charge in [0.15, 0.2) is 0 Å². The lowest BCUT2D eigenvalue weighted by atomic mass is 9.84. The average molecular weight is 275 g/mol. The van der Waals surface area contributed by atoms with Crippen molar-refractivity contribution < 1.29 is 14.4 Å². The number of benzene rings is 1. The summed E-state index contributed by atoms with van der Waals surface area (Å²) in [6.07, 6.45) is 0.00693. The van der Waals surface area contributed by atoms with Crippen LogP contribution in [0.5, 0.6) is 0 Å². The Kier molecular flexibility index (Phi) is 3.74. The minimum absolute atomic E-state index is 0.00693. The summed E-state index contributed by atoms with van der Waals surface area (Å²) < 4.78 is 0. The normalized spacial score (nSPS) is 21.9. The molecule has 1 aliphatic heterocycles. The predicted octanol–water partition coefficient (Wildman–Crippen LogP) is 1.17. The Morgan fingerprint density at radius 2 is 1.95 bits per heavy atom. The first-order valence-electron chi connectivity index (χ1n) is 6.35. The molecule has 1 fully saturated rings. The van der Waals surface area contributed by atoms with Crippen molar-refractivity contribution in [3.05, 3.63) is 29.8 Å². The molecule has 1 unspecified atom stereocenters. The van der Waals surface area contributed by atoms with Crippen molar-refractivity contribution in [1.82, 2.24) is 10.6 Å². The van der Waals surface area contributed by atoms with Crippen LogP contribution in [0, 0.1) is 12.3 Å². The number of nitrogens with one attached hydrogen (secondary N) is 3. The number of anilines is 1. The Bertz CT molecular complexity index is 553. The molecule has 106 valence electrons. The topological polar surface area (TPSA) is 87.3 Å². The fourth-order valence-electron chi connectivity index (χ4n) is 1.99. The largest absolute Gasteiger partial charge is 0.337 e. The van der Waals surface area contributed by atoms with Gasteiger partial charge in [0.1, 0.15) is 0 Å². The van der Waals surface area contributed by atoms with Crippen molar-refractivity contribution in [2.45, 2.75) is 20.3 Å². The maximum atomic E-state index is 12.0. The summed E-state index contributed by atoms with van der Waals surface area (Å²) in [5.74, 6) is -0.692. The van der Waals surface area contributed by atoms with E-state index < -0.39 is 17.4 Å². The molecular weight excluding hydrogens is 258 g/mol. The molecule has 1 aliphatic rings. The second-order valence-electron chi connectivity index (χ2n) is 5.29. The zero-order valence-corrected chi connectivity index (χ0v) is 11.4. The van der Waals surface area contributed by atoms with E-state index in [2.05, 4.69) is 16.0 Å². The molecule has 1 aromatic rings. The molecule has 6 heteroatoms. The Labute approximate surface area is 116 Å². The zero-order valence-electron chi connectivity index (χ0n) is 11.4. The van der Waals surface area contributed by atoms with Gasteiger partial charge in [-0.1, -0.05) is 17.7 Å². The van der Waals surface area contributed by atoms with E-state index in [0.717, 1.165) is 5.56 Å². The molecule has 0 radical (unpaired) electrons. The van der Waals surface area contributed by atoms with E-state index in [1.807, 2.05) is 19.1 Å². The quantitative estimate of drug-likeness (QED) is 0.773. The van der Waals surface area contributed by atoms with Crippen LogP contribution >= 0.6 is 0 Å². The number of imide groups is 1. The minimum atomic E-state index is -0.928. The summed E-state index contributed by atoms with van der Waals surface area (Å²) in [5.41, 5.74) is 0.858. The average Bonchev–Trinajstić information content (AvgIpc) is 2.37. The Morgan fingerprint density at radius 3 is 2.55 bits per heavy atom. The molecule has 0 spiro atoms. The van der Waals surface area contributed by atoms with Crippen molar-refractivity contribution in [3.8, 4) is 0 Å². The van der Waals surface area contributed by atoms with E-state index in [9.17, 15) is 14.4 Å². The molecule has 0 saturated carbocycles. The summed E-state index contributed by atoms with van der Waals surface area (Å²) in [6.45, 7) is 3.76. The maximum Gasteiger partial charge on any atom is 0.321 e. The monoisotopic (exact) mass is 275 g/mol. The second-order valence-corrected chi connectivity index (χ2v) is 5.29. The number of aryl methyl sites for hydroxylation is 1. The molecule has 0 aromatic heterocycles. The van der Waals surface area contributed by atoms with Gasteiger partial charge in [-0.15, -0.1) is 0 Å². The third-order valence-corrected chi connectivity index (χ3v) is 3.30. The number of hydrogen-bond acceptors (Lipinski definition) is 3. The van der Waals surface area contributed by atoms with Crippen LogP contribution in [-0.4, -0.2) is 24.4 Å². The number of hydrogen-bond donors (Lipinski definition) is 3. The van der Waals surface area contributed by atoms with Gasteiger partial charge in [0.25, 0.3) is 0 Å². The van der Waals surface area contributed by atoms with E-state index in [4.69, 9.17) is 0 Å². The predicted molar refractivity (Wildman–Crippen MR) is 74.1 cm³/mol. The summed E-state index contributed by atoms with van der Waals surface area (Å²) in [6, 6.07) is 6.87. The van der Waals surface area contributed by atoms with E-state index in [1.54, 1.807) is 19.1 Å². The van der Waals surface area contributed by atoms with Gasteiger partial charge in [0.2, 0.25) is 11.8 Å². The molecule has 0 aliphatic carbocycles. The lowest BCUT2D eigenvalue weighted by molar-refractivity contribution is -0.134. The van der Waals surface area contributed by atoms with Gasteiger partial charge in [-0.25, -0.2) is 4.79 Å². The van der Waals surface area contributed by atoms with Gasteiger partial charge >= 0.3 is 6.03 Å². The number of carbonyl (C=O) groups excluding carboxylic acids is 3. The highest BCUT2D eigenvalue weighted by Crippen LogP contribution is 2.23. The van der Waals surface area contributed by atoms with E-state index >= 15 is 0 Å². The fraction of sp³-hybridized carbons (Fsp3) is 0.357. The standard InChI is InChI=1S/C14H17N3O3/c1-9-3-5-10(6-4-9)16-11(18)7-14(2)8-15-13(20)17-12(14)19/h3-6H,7-8H2,1-2H3,(H,16,18)(H2,15,17,19,20). The van der Waals surface area contributed by atoms with Crippen LogP contribution in [0.15, 0.2) is 24.3 Å². The fourth-order valence-corrected chi connectivity index (χ4v) is 1.99. The van der Waals surface area contributed by atoms with Crippen LogP contribution < -0.4 is 16.0 Å². The number of urea groups is 1. The van der Waals surface area contributed by atoms with Crippen LogP contribution in [0.25, 0.3) is 0 Å². The second kappa shape index (κ2) is 5.32. The molecule has 3 N–H and O–H groups in total. The smallest absolute Gasteiger partial charge is 0.321 e. The van der Waals surface area contributed by atoms with Gasteiger partial charge in [0, 0.05) is 18.7 Å². The molecule has 20 heavy (non-hydrogen) atoms. The first kappa shape index (κ1) is 14.0. The van der Waals surface area contributed by atoms with Gasteiger partial charge in [-0.2, -0.15) is 0 Å². The molecule has 6 nitrogen and oxygen atoms in total. The van der Waals surface area contributed by atoms with E-state index in [-0.39, 0.29) is 18.9 Å². The SMILES string of the molecule is Cc1ccc(NC(=O)CC2(C)CNC(=O)NC2=O)cc1. The van der Waals surface area contributed by atoms with Gasteiger partial charge in [-0.05, 0) is 26.0 Å². The summed E-state index contributed by atoms with van der Waals surface area (Å²) in [5, 5.41) is 7.45. The summed E-state index contributed by atoms with van der Waals surface area (Å²) in [4.78, 5) is 34.8. The molecule has 1 heterocycles. The lowest BCUT2D eigenvalue weighted by Gasteiger charge is -2.31.